The normalized spacial score (nSPS) is 21.3. The maximum absolute atomic E-state index is 12.9. The minimum absolute atomic E-state index is 0. The van der Waals surface area contributed by atoms with E-state index in [1.807, 2.05) is 17.0 Å². The molecule has 2 unspecified atom stereocenters. The number of carbonyl (C=O) groups is 2. The summed E-state index contributed by atoms with van der Waals surface area (Å²) >= 11 is 0. The number of benzene rings is 1. The molecule has 4 rings (SSSR count). The maximum atomic E-state index is 12.9. The second-order valence-corrected chi connectivity index (χ2v) is 7.93. The summed E-state index contributed by atoms with van der Waals surface area (Å²) in [6.45, 7) is 2.95. The smallest absolute Gasteiger partial charge is 0.244 e. The van der Waals surface area contributed by atoms with Crippen LogP contribution in [0.5, 0.6) is 0 Å². The van der Waals surface area contributed by atoms with Crippen molar-refractivity contribution in [3.63, 3.8) is 0 Å². The van der Waals surface area contributed by atoms with E-state index in [4.69, 9.17) is 0 Å². The fourth-order valence-electron chi connectivity index (χ4n) is 4.25. The molecule has 0 radical (unpaired) electrons. The SMILES string of the molecule is Cl.O=C(NCC1CCCN(C(=O)Cn2ncc(=O)c3ccccc32)C1)C1CCCN1. The fourth-order valence-corrected chi connectivity index (χ4v) is 4.25. The van der Waals surface area contributed by atoms with E-state index < -0.39 is 0 Å². The van der Waals surface area contributed by atoms with E-state index >= 15 is 0 Å². The van der Waals surface area contributed by atoms with Crippen LogP contribution >= 0.6 is 12.4 Å². The van der Waals surface area contributed by atoms with Crippen LogP contribution in [0.15, 0.2) is 35.3 Å². The Morgan fingerprint density at radius 3 is 2.83 bits per heavy atom. The zero-order chi connectivity index (χ0) is 20.2. The van der Waals surface area contributed by atoms with Gasteiger partial charge in [0.2, 0.25) is 17.2 Å². The molecule has 162 valence electrons. The van der Waals surface area contributed by atoms with Gasteiger partial charge in [-0.15, -0.1) is 12.4 Å². The van der Waals surface area contributed by atoms with Gasteiger partial charge >= 0.3 is 0 Å². The zero-order valence-corrected chi connectivity index (χ0v) is 17.7. The second-order valence-electron chi connectivity index (χ2n) is 7.93. The highest BCUT2D eigenvalue weighted by molar-refractivity contribution is 5.85. The minimum Gasteiger partial charge on any atom is -0.354 e. The summed E-state index contributed by atoms with van der Waals surface area (Å²) in [5.74, 6) is 0.312. The van der Waals surface area contributed by atoms with Crippen molar-refractivity contribution in [1.82, 2.24) is 25.3 Å². The quantitative estimate of drug-likeness (QED) is 0.731. The molecular weight excluding hydrogens is 406 g/mol. The lowest BCUT2D eigenvalue weighted by Gasteiger charge is -2.33. The minimum atomic E-state index is -0.144. The molecule has 3 heterocycles. The van der Waals surface area contributed by atoms with Gasteiger partial charge in [-0.05, 0) is 50.3 Å². The molecule has 8 nitrogen and oxygen atoms in total. The van der Waals surface area contributed by atoms with Gasteiger partial charge < -0.3 is 15.5 Å². The van der Waals surface area contributed by atoms with Gasteiger partial charge in [-0.3, -0.25) is 19.1 Å². The van der Waals surface area contributed by atoms with Crippen molar-refractivity contribution < 1.29 is 9.59 Å². The van der Waals surface area contributed by atoms with Crippen molar-refractivity contribution in [2.75, 3.05) is 26.2 Å². The Bertz CT molecular complexity index is 957. The van der Waals surface area contributed by atoms with Gasteiger partial charge in [0.15, 0.2) is 0 Å². The van der Waals surface area contributed by atoms with Crippen LogP contribution in [0.1, 0.15) is 25.7 Å². The number of hydrogen-bond acceptors (Lipinski definition) is 5. The molecule has 1 aromatic heterocycles. The van der Waals surface area contributed by atoms with Crippen molar-refractivity contribution in [3.05, 3.63) is 40.7 Å². The van der Waals surface area contributed by atoms with E-state index in [9.17, 15) is 14.4 Å². The molecular formula is C21H28ClN5O3. The average Bonchev–Trinajstić information content (AvgIpc) is 3.29. The summed E-state index contributed by atoms with van der Waals surface area (Å²) in [6, 6.07) is 7.13. The summed E-state index contributed by atoms with van der Waals surface area (Å²) in [5.41, 5.74) is 0.521. The molecule has 0 spiro atoms. The largest absolute Gasteiger partial charge is 0.354 e. The molecule has 2 aliphatic heterocycles. The highest BCUT2D eigenvalue weighted by Gasteiger charge is 2.26. The lowest BCUT2D eigenvalue weighted by atomic mass is 9.97. The van der Waals surface area contributed by atoms with Gasteiger partial charge in [0, 0.05) is 25.0 Å². The first-order valence-corrected chi connectivity index (χ1v) is 10.4. The third-order valence-corrected chi connectivity index (χ3v) is 5.86. The van der Waals surface area contributed by atoms with Gasteiger partial charge in [-0.1, -0.05) is 12.1 Å². The van der Waals surface area contributed by atoms with E-state index in [1.54, 1.807) is 16.8 Å². The van der Waals surface area contributed by atoms with E-state index in [0.29, 0.717) is 30.5 Å². The van der Waals surface area contributed by atoms with Crippen molar-refractivity contribution in [3.8, 4) is 0 Å². The van der Waals surface area contributed by atoms with Gasteiger partial charge in [-0.2, -0.15) is 5.10 Å². The number of halogens is 1. The lowest BCUT2D eigenvalue weighted by molar-refractivity contribution is -0.133. The summed E-state index contributed by atoms with van der Waals surface area (Å²) in [5, 5.41) is 11.0. The average molecular weight is 434 g/mol. The van der Waals surface area contributed by atoms with Crippen LogP contribution in [0.3, 0.4) is 0 Å². The van der Waals surface area contributed by atoms with Crippen molar-refractivity contribution in [2.24, 2.45) is 5.92 Å². The van der Waals surface area contributed by atoms with Crippen LogP contribution in [0, 0.1) is 5.92 Å². The molecule has 0 bridgehead atoms. The van der Waals surface area contributed by atoms with E-state index in [2.05, 4.69) is 15.7 Å². The number of amides is 2. The van der Waals surface area contributed by atoms with E-state index in [1.165, 1.54) is 6.20 Å². The number of aromatic nitrogens is 2. The van der Waals surface area contributed by atoms with Crippen LogP contribution in [-0.2, 0) is 16.1 Å². The molecule has 2 saturated heterocycles. The first-order valence-electron chi connectivity index (χ1n) is 10.4. The third kappa shape index (κ3) is 4.99. The highest BCUT2D eigenvalue weighted by atomic mass is 35.5. The lowest BCUT2D eigenvalue weighted by Crippen LogP contribution is -2.47. The van der Waals surface area contributed by atoms with E-state index in [-0.39, 0.29) is 48.2 Å². The summed E-state index contributed by atoms with van der Waals surface area (Å²) < 4.78 is 1.59. The number of likely N-dealkylation sites (tertiary alicyclic amines) is 1. The molecule has 2 N–H and O–H groups in total. The Balaban J connectivity index is 0.00000256. The van der Waals surface area contributed by atoms with Gasteiger partial charge in [0.05, 0.1) is 17.8 Å². The molecule has 2 aliphatic rings. The number of nitrogens with zero attached hydrogens (tertiary/aromatic N) is 3. The Morgan fingerprint density at radius 1 is 1.20 bits per heavy atom. The molecule has 2 amide bonds. The van der Waals surface area contributed by atoms with Gasteiger partial charge in [0.25, 0.3) is 0 Å². The number of rotatable bonds is 5. The second kappa shape index (κ2) is 10.0. The van der Waals surface area contributed by atoms with Crippen molar-refractivity contribution in [1.29, 1.82) is 0 Å². The molecule has 2 aromatic rings. The number of fused-ring (bicyclic) bond motifs is 1. The van der Waals surface area contributed by atoms with Gasteiger partial charge in [-0.25, -0.2) is 0 Å². The highest BCUT2D eigenvalue weighted by Crippen LogP contribution is 2.17. The van der Waals surface area contributed by atoms with E-state index in [0.717, 1.165) is 32.2 Å². The third-order valence-electron chi connectivity index (χ3n) is 5.86. The van der Waals surface area contributed by atoms with Crippen molar-refractivity contribution in [2.45, 2.75) is 38.3 Å². The van der Waals surface area contributed by atoms with Crippen LogP contribution < -0.4 is 16.1 Å². The first-order chi connectivity index (χ1) is 14.1. The number of hydrogen-bond donors (Lipinski definition) is 2. The monoisotopic (exact) mass is 433 g/mol. The number of nitrogens with one attached hydrogen (secondary N) is 2. The Kier molecular flexibility index (Phi) is 7.44. The van der Waals surface area contributed by atoms with Crippen molar-refractivity contribution >= 4 is 35.1 Å². The summed E-state index contributed by atoms with van der Waals surface area (Å²) in [7, 11) is 0. The number of carbonyl (C=O) groups excluding carboxylic acids is 2. The zero-order valence-electron chi connectivity index (χ0n) is 16.9. The standard InChI is InChI=1S/C21H27N5O3.ClH/c27-19-12-24-26(18-8-2-1-6-16(18)19)14-20(28)25-10-4-5-15(13-25)11-23-21(29)17-7-3-9-22-17;/h1-2,6,8,12,15,17,22H,3-5,7,9-11,13-14H2,(H,23,29);1H. The Hall–Kier alpha value is -2.45. The fraction of sp³-hybridized carbons (Fsp3) is 0.524. The van der Waals surface area contributed by atoms with Gasteiger partial charge in [0.1, 0.15) is 6.54 Å². The molecule has 0 aliphatic carbocycles. The summed E-state index contributed by atoms with van der Waals surface area (Å²) in [6.07, 6.45) is 5.12. The molecule has 9 heteroatoms. The molecule has 0 saturated carbocycles. The predicted molar refractivity (Wildman–Crippen MR) is 117 cm³/mol. The van der Waals surface area contributed by atoms with Crippen LogP contribution in [-0.4, -0.2) is 58.7 Å². The summed E-state index contributed by atoms with van der Waals surface area (Å²) in [4.78, 5) is 38.9. The number of para-hydroxylation sites is 1. The molecule has 2 fully saturated rings. The van der Waals surface area contributed by atoms with Crippen LogP contribution in [0.4, 0.5) is 0 Å². The van der Waals surface area contributed by atoms with Crippen LogP contribution in [0.25, 0.3) is 10.9 Å². The predicted octanol–water partition coefficient (Wildman–Crippen LogP) is 0.925. The topological polar surface area (TPSA) is 96.3 Å². The number of piperidine rings is 1. The Labute approximate surface area is 181 Å². The van der Waals surface area contributed by atoms with Crippen LogP contribution in [0.2, 0.25) is 0 Å². The molecule has 1 aromatic carbocycles. The molecule has 2 atom stereocenters. The first kappa shape index (κ1) is 22.2. The Morgan fingerprint density at radius 2 is 2.03 bits per heavy atom. The maximum Gasteiger partial charge on any atom is 0.244 e. The molecule has 30 heavy (non-hydrogen) atoms.